The molecule has 2 atom stereocenters. The molecule has 4 nitrogen and oxygen atoms in total. The Bertz CT molecular complexity index is 263. The Morgan fingerprint density at radius 2 is 2.19 bits per heavy atom. The Kier molecular flexibility index (Phi) is 3.50. The summed E-state index contributed by atoms with van der Waals surface area (Å²) in [5.74, 6) is -0.179. The minimum Gasteiger partial charge on any atom is -0.481 e. The molecular formula is C12H21NO3. The van der Waals surface area contributed by atoms with Gasteiger partial charge in [-0.1, -0.05) is 13.3 Å². The van der Waals surface area contributed by atoms with Gasteiger partial charge in [0.05, 0.1) is 19.6 Å². The highest BCUT2D eigenvalue weighted by Gasteiger charge is 2.46. The fourth-order valence-electron chi connectivity index (χ4n) is 3.34. The third kappa shape index (κ3) is 2.09. The van der Waals surface area contributed by atoms with Crippen molar-refractivity contribution in [2.75, 3.05) is 26.3 Å². The normalized spacial score (nSPS) is 36.4. The van der Waals surface area contributed by atoms with E-state index in [1.165, 1.54) is 0 Å². The van der Waals surface area contributed by atoms with Crippen molar-refractivity contribution < 1.29 is 14.6 Å². The van der Waals surface area contributed by atoms with Crippen molar-refractivity contribution in [1.29, 1.82) is 0 Å². The number of carboxylic acids is 1. The molecule has 2 aliphatic rings. The smallest absolute Gasteiger partial charge is 0.305 e. The van der Waals surface area contributed by atoms with Crippen molar-refractivity contribution in [2.24, 2.45) is 5.92 Å². The second kappa shape index (κ2) is 4.72. The zero-order valence-electron chi connectivity index (χ0n) is 9.95. The Hall–Kier alpha value is -0.610. The van der Waals surface area contributed by atoms with Crippen LogP contribution in [0.1, 0.15) is 32.6 Å². The first-order valence-electron chi connectivity index (χ1n) is 6.20. The molecule has 1 saturated heterocycles. The van der Waals surface area contributed by atoms with Gasteiger partial charge in [0.25, 0.3) is 0 Å². The van der Waals surface area contributed by atoms with Gasteiger partial charge in [-0.25, -0.2) is 0 Å². The fourth-order valence-corrected chi connectivity index (χ4v) is 3.34. The van der Waals surface area contributed by atoms with E-state index in [0.717, 1.165) is 45.6 Å². The predicted molar refractivity (Wildman–Crippen MR) is 60.4 cm³/mol. The molecule has 4 heteroatoms. The topological polar surface area (TPSA) is 49.8 Å². The van der Waals surface area contributed by atoms with E-state index in [9.17, 15) is 4.79 Å². The number of hydrogen-bond acceptors (Lipinski definition) is 3. The standard InChI is InChI=1S/C12H21NO3/c1-10-3-2-4-12(10,9-11(14)15)13-5-7-16-8-6-13/h10H,2-9H2,1H3,(H,14,15). The third-order valence-electron chi connectivity index (χ3n) is 4.26. The zero-order chi connectivity index (χ0) is 11.6. The molecule has 1 saturated carbocycles. The van der Waals surface area contributed by atoms with Crippen LogP contribution in [0.2, 0.25) is 0 Å². The Balaban J connectivity index is 2.15. The van der Waals surface area contributed by atoms with E-state index in [4.69, 9.17) is 9.84 Å². The first-order valence-corrected chi connectivity index (χ1v) is 6.20. The molecule has 2 rings (SSSR count). The molecule has 0 spiro atoms. The maximum atomic E-state index is 11.1. The molecule has 92 valence electrons. The van der Waals surface area contributed by atoms with Crippen molar-refractivity contribution in [3.63, 3.8) is 0 Å². The summed E-state index contributed by atoms with van der Waals surface area (Å²) in [4.78, 5) is 13.5. The number of ether oxygens (including phenoxy) is 1. The first kappa shape index (κ1) is 11.9. The van der Waals surface area contributed by atoms with Crippen LogP contribution in [0.4, 0.5) is 0 Å². The Morgan fingerprint density at radius 3 is 2.69 bits per heavy atom. The molecule has 16 heavy (non-hydrogen) atoms. The molecule has 1 aliphatic heterocycles. The van der Waals surface area contributed by atoms with Crippen LogP contribution in [-0.2, 0) is 9.53 Å². The molecule has 1 N–H and O–H groups in total. The summed E-state index contributed by atoms with van der Waals surface area (Å²) in [5, 5.41) is 9.13. The molecule has 0 amide bonds. The van der Waals surface area contributed by atoms with Gasteiger partial charge >= 0.3 is 5.97 Å². The Labute approximate surface area is 96.6 Å². The number of carbonyl (C=O) groups is 1. The van der Waals surface area contributed by atoms with E-state index in [-0.39, 0.29) is 12.0 Å². The van der Waals surface area contributed by atoms with Gasteiger partial charge in [-0.15, -0.1) is 0 Å². The van der Waals surface area contributed by atoms with Crippen LogP contribution in [0, 0.1) is 5.92 Å². The predicted octanol–water partition coefficient (Wildman–Crippen LogP) is 1.35. The Morgan fingerprint density at radius 1 is 1.50 bits per heavy atom. The third-order valence-corrected chi connectivity index (χ3v) is 4.26. The summed E-state index contributed by atoms with van der Waals surface area (Å²) in [7, 11) is 0. The number of hydrogen-bond donors (Lipinski definition) is 1. The van der Waals surface area contributed by atoms with E-state index >= 15 is 0 Å². The molecule has 0 aromatic rings. The maximum Gasteiger partial charge on any atom is 0.305 e. The number of nitrogens with zero attached hydrogens (tertiary/aromatic N) is 1. The number of aliphatic carboxylic acids is 1. The maximum absolute atomic E-state index is 11.1. The van der Waals surface area contributed by atoms with Crippen LogP contribution in [0.15, 0.2) is 0 Å². The average molecular weight is 227 g/mol. The summed E-state index contributed by atoms with van der Waals surface area (Å²) in [6, 6.07) is 0. The van der Waals surface area contributed by atoms with Gasteiger partial charge < -0.3 is 9.84 Å². The molecule has 0 aromatic carbocycles. The van der Waals surface area contributed by atoms with Crippen molar-refractivity contribution in [3.8, 4) is 0 Å². The molecule has 0 aromatic heterocycles. The van der Waals surface area contributed by atoms with Crippen LogP contribution in [-0.4, -0.2) is 47.8 Å². The van der Waals surface area contributed by atoms with Crippen molar-refractivity contribution in [2.45, 2.75) is 38.1 Å². The minimum absolute atomic E-state index is 0.102. The van der Waals surface area contributed by atoms with Gasteiger partial charge in [0, 0.05) is 18.6 Å². The van der Waals surface area contributed by atoms with Gasteiger partial charge in [-0.3, -0.25) is 9.69 Å². The van der Waals surface area contributed by atoms with Gasteiger partial charge in [-0.2, -0.15) is 0 Å². The lowest BCUT2D eigenvalue weighted by Crippen LogP contribution is -2.56. The minimum atomic E-state index is -0.666. The van der Waals surface area contributed by atoms with E-state index in [1.54, 1.807) is 0 Å². The SMILES string of the molecule is CC1CCCC1(CC(=O)O)N1CCOCC1. The van der Waals surface area contributed by atoms with Crippen molar-refractivity contribution >= 4 is 5.97 Å². The molecule has 1 heterocycles. The van der Waals surface area contributed by atoms with Crippen LogP contribution >= 0.6 is 0 Å². The second-order valence-electron chi connectivity index (χ2n) is 5.07. The second-order valence-corrected chi connectivity index (χ2v) is 5.07. The summed E-state index contributed by atoms with van der Waals surface area (Å²) in [6.45, 7) is 5.46. The lowest BCUT2D eigenvalue weighted by atomic mass is 9.83. The summed E-state index contributed by atoms with van der Waals surface area (Å²) in [6.07, 6.45) is 3.63. The fraction of sp³-hybridized carbons (Fsp3) is 0.917. The number of morpholine rings is 1. The molecule has 0 radical (unpaired) electrons. The molecule has 2 fully saturated rings. The van der Waals surface area contributed by atoms with E-state index in [2.05, 4.69) is 11.8 Å². The first-order chi connectivity index (χ1) is 7.65. The highest BCUT2D eigenvalue weighted by Crippen LogP contribution is 2.43. The summed E-state index contributed by atoms with van der Waals surface area (Å²) >= 11 is 0. The van der Waals surface area contributed by atoms with Crippen molar-refractivity contribution in [1.82, 2.24) is 4.90 Å². The lowest BCUT2D eigenvalue weighted by molar-refractivity contribution is -0.142. The molecule has 0 bridgehead atoms. The molecular weight excluding hydrogens is 206 g/mol. The van der Waals surface area contributed by atoms with Crippen LogP contribution < -0.4 is 0 Å². The van der Waals surface area contributed by atoms with Gasteiger partial charge in [0.1, 0.15) is 0 Å². The lowest BCUT2D eigenvalue weighted by Gasteiger charge is -2.45. The highest BCUT2D eigenvalue weighted by atomic mass is 16.5. The van der Waals surface area contributed by atoms with Crippen LogP contribution in [0.5, 0.6) is 0 Å². The molecule has 2 unspecified atom stereocenters. The number of carboxylic acid groups (broad SMARTS) is 1. The quantitative estimate of drug-likeness (QED) is 0.790. The average Bonchev–Trinajstić information content (AvgIpc) is 2.62. The van der Waals surface area contributed by atoms with Gasteiger partial charge in [0.15, 0.2) is 0 Å². The van der Waals surface area contributed by atoms with Gasteiger partial charge in [0.2, 0.25) is 0 Å². The summed E-state index contributed by atoms with van der Waals surface area (Å²) < 4.78 is 5.36. The van der Waals surface area contributed by atoms with Crippen molar-refractivity contribution in [3.05, 3.63) is 0 Å². The highest BCUT2D eigenvalue weighted by molar-refractivity contribution is 5.68. The number of rotatable bonds is 3. The van der Waals surface area contributed by atoms with Gasteiger partial charge in [-0.05, 0) is 18.8 Å². The van der Waals surface area contributed by atoms with E-state index < -0.39 is 5.97 Å². The monoisotopic (exact) mass is 227 g/mol. The van der Waals surface area contributed by atoms with Crippen LogP contribution in [0.3, 0.4) is 0 Å². The molecule has 1 aliphatic carbocycles. The van der Waals surface area contributed by atoms with E-state index in [0.29, 0.717) is 5.92 Å². The zero-order valence-corrected chi connectivity index (χ0v) is 9.95. The summed E-state index contributed by atoms with van der Waals surface area (Å²) in [5.41, 5.74) is -0.102. The largest absolute Gasteiger partial charge is 0.481 e. The van der Waals surface area contributed by atoms with E-state index in [1.807, 2.05) is 0 Å². The van der Waals surface area contributed by atoms with Crippen LogP contribution in [0.25, 0.3) is 0 Å².